The number of benzene rings is 8. The van der Waals surface area contributed by atoms with Crippen LogP contribution in [0.4, 0.5) is 0 Å². The van der Waals surface area contributed by atoms with E-state index in [1.54, 1.807) is 18.3 Å². The summed E-state index contributed by atoms with van der Waals surface area (Å²) in [5, 5.41) is 23.9. The van der Waals surface area contributed by atoms with Crippen LogP contribution >= 0.6 is 0 Å². The van der Waals surface area contributed by atoms with Gasteiger partial charge >= 0.3 is 0 Å². The van der Waals surface area contributed by atoms with E-state index < -0.39 is 5.41 Å². The molecule has 284 valence electrons. The molecule has 0 atom stereocenters. The number of nitriles is 2. The minimum Gasteiger partial charge on any atom is -0.405 e. The highest BCUT2D eigenvalue weighted by molar-refractivity contribution is 6.18. The van der Waals surface area contributed by atoms with Crippen LogP contribution in [0.25, 0.3) is 77.3 Å². The molecule has 9 aromatic rings. The van der Waals surface area contributed by atoms with Crippen molar-refractivity contribution in [2.45, 2.75) is 11.8 Å². The van der Waals surface area contributed by atoms with Gasteiger partial charge in [0.1, 0.15) is 0 Å². The minimum absolute atomic E-state index is 0.547. The van der Waals surface area contributed by atoms with Crippen LogP contribution in [0.3, 0.4) is 0 Å². The Labute approximate surface area is 354 Å². The van der Waals surface area contributed by atoms with Crippen molar-refractivity contribution in [3.8, 4) is 67.9 Å². The first kappa shape index (κ1) is 35.8. The number of rotatable bonds is 6. The number of aromatic nitrogens is 1. The molecule has 4 nitrogen and oxygen atoms in total. The van der Waals surface area contributed by atoms with Gasteiger partial charge in [-0.25, -0.2) is 0 Å². The van der Waals surface area contributed by atoms with E-state index in [-0.39, 0.29) is 0 Å². The van der Waals surface area contributed by atoms with Gasteiger partial charge in [0.2, 0.25) is 0 Å². The summed E-state index contributed by atoms with van der Waals surface area (Å²) in [4.78, 5) is 4.58. The average molecular weight is 777 g/mol. The number of hydrogen-bond acceptors (Lipinski definition) is 4. The second-order valence-electron chi connectivity index (χ2n) is 15.8. The molecule has 1 aromatic heterocycles. The van der Waals surface area contributed by atoms with Crippen LogP contribution in [0.15, 0.2) is 200 Å². The summed E-state index contributed by atoms with van der Waals surface area (Å²) in [6.45, 7) is 0. The molecule has 61 heavy (non-hydrogen) atoms. The molecule has 0 saturated heterocycles. The van der Waals surface area contributed by atoms with Gasteiger partial charge in [-0.1, -0.05) is 152 Å². The van der Waals surface area contributed by atoms with E-state index in [2.05, 4.69) is 175 Å². The van der Waals surface area contributed by atoms with E-state index in [0.717, 1.165) is 27.9 Å². The SMILES string of the molecule is N#CC(/C=C\N)=C/Cc1ccc(-c2cc3c(c4ccccc24)-c2c(cc(-c4ccc(-c5cc(C#N)ccn5)cc4)c4ccccc24)C32c3ccccc3-c3ccccc32)cc1. The molecule has 0 aliphatic heterocycles. The summed E-state index contributed by atoms with van der Waals surface area (Å²) in [6, 6.07) is 66.1. The Morgan fingerprint density at radius 1 is 0.541 bits per heavy atom. The third kappa shape index (κ3) is 5.40. The Bertz CT molecular complexity index is 3370. The lowest BCUT2D eigenvalue weighted by Crippen LogP contribution is -2.26. The second kappa shape index (κ2) is 14.2. The maximum Gasteiger partial charge on any atom is 0.0992 e. The molecule has 1 spiro atoms. The zero-order valence-corrected chi connectivity index (χ0v) is 33.1. The quantitative estimate of drug-likeness (QED) is 0.135. The lowest BCUT2D eigenvalue weighted by Gasteiger charge is -2.31. The zero-order chi connectivity index (χ0) is 41.1. The maximum atomic E-state index is 9.56. The number of fused-ring (bicyclic) bond motifs is 14. The van der Waals surface area contributed by atoms with Gasteiger partial charge in [0, 0.05) is 17.3 Å². The monoisotopic (exact) mass is 776 g/mol. The van der Waals surface area contributed by atoms with Gasteiger partial charge in [0.15, 0.2) is 0 Å². The smallest absolute Gasteiger partial charge is 0.0992 e. The van der Waals surface area contributed by atoms with Crippen LogP contribution in [0.5, 0.6) is 0 Å². The molecule has 2 aliphatic carbocycles. The Morgan fingerprint density at radius 2 is 1.05 bits per heavy atom. The van der Waals surface area contributed by atoms with Crippen LogP contribution in [0, 0.1) is 22.7 Å². The molecule has 4 heteroatoms. The topological polar surface area (TPSA) is 86.5 Å². The van der Waals surface area contributed by atoms with Gasteiger partial charge in [-0.05, 0) is 137 Å². The molecule has 11 rings (SSSR count). The fourth-order valence-electron chi connectivity index (χ4n) is 10.1. The van der Waals surface area contributed by atoms with E-state index in [4.69, 9.17) is 5.73 Å². The molecule has 2 N–H and O–H groups in total. The Kier molecular flexibility index (Phi) is 8.34. The van der Waals surface area contributed by atoms with Crippen molar-refractivity contribution >= 4 is 21.5 Å². The van der Waals surface area contributed by atoms with Crippen LogP contribution in [-0.2, 0) is 11.8 Å². The van der Waals surface area contributed by atoms with Gasteiger partial charge in [0.25, 0.3) is 0 Å². The van der Waals surface area contributed by atoms with Crippen molar-refractivity contribution in [1.29, 1.82) is 10.5 Å². The third-order valence-electron chi connectivity index (χ3n) is 12.7. The summed E-state index contributed by atoms with van der Waals surface area (Å²) in [7, 11) is 0. The molecular weight excluding hydrogens is 741 g/mol. The highest BCUT2D eigenvalue weighted by Crippen LogP contribution is 2.66. The van der Waals surface area contributed by atoms with E-state index in [1.807, 2.05) is 12.1 Å². The molecular formula is C57H36N4. The first-order valence-electron chi connectivity index (χ1n) is 20.5. The van der Waals surface area contributed by atoms with Crippen molar-refractivity contribution in [3.63, 3.8) is 0 Å². The van der Waals surface area contributed by atoms with Crippen molar-refractivity contribution in [2.24, 2.45) is 5.73 Å². The first-order chi connectivity index (χ1) is 30.1. The van der Waals surface area contributed by atoms with Gasteiger partial charge < -0.3 is 5.73 Å². The molecule has 1 heterocycles. The normalized spacial score (nSPS) is 13.2. The fourth-order valence-corrected chi connectivity index (χ4v) is 10.1. The summed E-state index contributed by atoms with van der Waals surface area (Å²) in [5.41, 5.74) is 23.8. The Balaban J connectivity index is 1.19. The van der Waals surface area contributed by atoms with Crippen LogP contribution in [-0.4, -0.2) is 4.98 Å². The molecule has 0 fully saturated rings. The van der Waals surface area contributed by atoms with Crippen LogP contribution < -0.4 is 5.73 Å². The highest BCUT2D eigenvalue weighted by atomic mass is 14.7. The summed E-state index contributed by atoms with van der Waals surface area (Å²) >= 11 is 0. The molecule has 0 amide bonds. The summed E-state index contributed by atoms with van der Waals surface area (Å²) in [5.74, 6) is 0. The molecule has 0 bridgehead atoms. The Hall–Kier alpha value is -8.31. The zero-order valence-electron chi connectivity index (χ0n) is 33.1. The maximum absolute atomic E-state index is 9.56. The Morgan fingerprint density at radius 3 is 1.59 bits per heavy atom. The van der Waals surface area contributed by atoms with E-state index in [9.17, 15) is 10.5 Å². The lowest BCUT2D eigenvalue weighted by atomic mass is 9.69. The predicted molar refractivity (Wildman–Crippen MR) is 247 cm³/mol. The lowest BCUT2D eigenvalue weighted by molar-refractivity contribution is 0.795. The van der Waals surface area contributed by atoms with Crippen LogP contribution in [0.2, 0.25) is 0 Å². The van der Waals surface area contributed by atoms with Crippen LogP contribution in [0.1, 0.15) is 33.4 Å². The van der Waals surface area contributed by atoms with Gasteiger partial charge in [-0.2, -0.15) is 10.5 Å². The largest absolute Gasteiger partial charge is 0.405 e. The molecule has 8 aromatic carbocycles. The van der Waals surface area contributed by atoms with Gasteiger partial charge in [-0.15, -0.1) is 0 Å². The number of nitrogens with two attached hydrogens (primary N) is 1. The first-order valence-corrected chi connectivity index (χ1v) is 20.5. The highest BCUT2D eigenvalue weighted by Gasteiger charge is 2.53. The van der Waals surface area contributed by atoms with Gasteiger partial charge in [0.05, 0.1) is 28.8 Å². The minimum atomic E-state index is -0.591. The second-order valence-corrected chi connectivity index (χ2v) is 15.8. The van der Waals surface area contributed by atoms with E-state index in [0.29, 0.717) is 17.6 Å². The number of pyridine rings is 1. The average Bonchev–Trinajstić information content (AvgIpc) is 3.80. The molecule has 0 saturated carbocycles. The molecule has 2 aliphatic rings. The van der Waals surface area contributed by atoms with Crippen molar-refractivity contribution in [1.82, 2.24) is 4.98 Å². The number of hydrogen-bond donors (Lipinski definition) is 1. The fraction of sp³-hybridized carbons (Fsp3) is 0.0351. The van der Waals surface area contributed by atoms with E-state index in [1.165, 1.54) is 83.4 Å². The third-order valence-corrected chi connectivity index (χ3v) is 12.7. The van der Waals surface area contributed by atoms with Crippen molar-refractivity contribution in [2.75, 3.05) is 0 Å². The summed E-state index contributed by atoms with van der Waals surface area (Å²) in [6.07, 6.45) is 7.28. The molecule has 0 unspecified atom stereocenters. The number of nitrogens with zero attached hydrogens (tertiary/aromatic N) is 3. The van der Waals surface area contributed by atoms with Crippen molar-refractivity contribution < 1.29 is 0 Å². The van der Waals surface area contributed by atoms with Crippen molar-refractivity contribution in [3.05, 3.63) is 233 Å². The predicted octanol–water partition coefficient (Wildman–Crippen LogP) is 13.1. The molecule has 0 radical (unpaired) electrons. The standard InChI is InChI=1S/C57H36N4/c58-29-27-37(34-59)18-17-36-19-21-39(22-20-36)48-32-52-55(46-13-3-1-9-42(46)48)56-47-14-4-2-10-43(47)49(40-23-25-41(26-24-40)54-31-38(35-60)28-30-61-54)33-53(56)57(52)50-15-7-5-11-44(50)45-12-6-8-16-51(45)57/h1-16,18-33H,17,58H2/b29-27-,37-18+. The van der Waals surface area contributed by atoms with E-state index >= 15 is 0 Å². The van der Waals surface area contributed by atoms with Gasteiger partial charge in [-0.3, -0.25) is 4.98 Å². The summed E-state index contributed by atoms with van der Waals surface area (Å²) < 4.78 is 0. The number of allylic oxidation sites excluding steroid dienone is 3.